The lowest BCUT2D eigenvalue weighted by molar-refractivity contribution is 0.479. The number of hydrazone groups is 1. The molecule has 0 unspecified atom stereocenters. The first-order valence-corrected chi connectivity index (χ1v) is 12.3. The Balaban J connectivity index is 0.000000416. The molecular formula is C23H25ClN6S2. The van der Waals surface area contributed by atoms with Crippen LogP contribution in [-0.4, -0.2) is 40.5 Å². The Hall–Kier alpha value is -2.52. The lowest BCUT2D eigenvalue weighted by atomic mass is 10.1. The quantitative estimate of drug-likeness (QED) is 0.219. The predicted molar refractivity (Wildman–Crippen MR) is 138 cm³/mol. The molecule has 1 aliphatic heterocycles. The van der Waals surface area contributed by atoms with Crippen molar-refractivity contribution in [2.24, 2.45) is 15.2 Å². The lowest BCUT2D eigenvalue weighted by Gasteiger charge is -2.17. The van der Waals surface area contributed by atoms with Gasteiger partial charge in [0.2, 0.25) is 5.96 Å². The van der Waals surface area contributed by atoms with Gasteiger partial charge in [-0.15, -0.1) is 0 Å². The van der Waals surface area contributed by atoms with Crippen LogP contribution in [-0.2, 0) is 0 Å². The Morgan fingerprint density at radius 2 is 1.78 bits per heavy atom. The van der Waals surface area contributed by atoms with E-state index in [0.717, 1.165) is 45.9 Å². The van der Waals surface area contributed by atoms with Crippen LogP contribution in [0.2, 0.25) is 5.02 Å². The van der Waals surface area contributed by atoms with Gasteiger partial charge in [-0.05, 0) is 41.8 Å². The normalized spacial score (nSPS) is 13.2. The van der Waals surface area contributed by atoms with Gasteiger partial charge < -0.3 is 0 Å². The third kappa shape index (κ3) is 8.20. The molecule has 0 saturated carbocycles. The van der Waals surface area contributed by atoms with Crippen LogP contribution >= 0.6 is 35.5 Å². The molecule has 0 saturated heterocycles. The van der Waals surface area contributed by atoms with Crippen LogP contribution in [0.4, 0.5) is 0 Å². The zero-order chi connectivity index (χ0) is 22.4. The van der Waals surface area contributed by atoms with E-state index in [9.17, 15) is 0 Å². The van der Waals surface area contributed by atoms with E-state index >= 15 is 0 Å². The van der Waals surface area contributed by atoms with Crippen LogP contribution in [0.3, 0.4) is 0 Å². The number of benzene rings is 2. The first kappa shape index (κ1) is 24.1. The molecule has 0 spiro atoms. The number of rotatable bonds is 6. The summed E-state index contributed by atoms with van der Waals surface area (Å²) in [6.07, 6.45) is 4.41. The Labute approximate surface area is 202 Å². The van der Waals surface area contributed by atoms with E-state index in [1.807, 2.05) is 77.8 Å². The average Bonchev–Trinajstić information content (AvgIpc) is 3.34. The van der Waals surface area contributed by atoms with Crippen molar-refractivity contribution in [2.75, 3.05) is 18.8 Å². The Morgan fingerprint density at radius 3 is 2.41 bits per heavy atom. The van der Waals surface area contributed by atoms with Crippen molar-refractivity contribution < 1.29 is 0 Å². The van der Waals surface area contributed by atoms with Crippen molar-refractivity contribution in [1.29, 1.82) is 0 Å². The van der Waals surface area contributed by atoms with Crippen molar-refractivity contribution in [3.05, 3.63) is 95.8 Å². The number of nitrogens with one attached hydrogen (secondary N) is 1. The van der Waals surface area contributed by atoms with Gasteiger partial charge in [-0.2, -0.15) is 5.10 Å². The number of halogens is 1. The minimum absolute atomic E-state index is 0.624. The monoisotopic (exact) mass is 484 g/mol. The molecule has 2 heterocycles. The van der Waals surface area contributed by atoms with Crippen molar-refractivity contribution in [1.82, 2.24) is 14.7 Å². The fourth-order valence-corrected chi connectivity index (χ4v) is 3.68. The number of aliphatic imine (C=N–C) groups is 1. The number of hydrogen-bond donors (Lipinski definition) is 2. The minimum Gasteiger partial charge on any atom is -0.295 e. The van der Waals surface area contributed by atoms with Crippen LogP contribution in [0.5, 0.6) is 0 Å². The number of nitrogens with zero attached hydrogens (tertiary/aromatic N) is 4. The molecule has 4 rings (SSSR count). The highest BCUT2D eigenvalue weighted by atomic mass is 35.5. The number of pyridine rings is 1. The first-order valence-electron chi connectivity index (χ1n) is 10.1. The SMILES string of the molecule is NSCCN=C(NSc1cccnc1)N1CCC(c2ccc(Cl)cc2)=N1.c1ccccc1. The molecule has 6 nitrogen and oxygen atoms in total. The molecule has 3 aromatic rings. The molecule has 0 bridgehead atoms. The van der Waals surface area contributed by atoms with Gasteiger partial charge in [0, 0.05) is 34.5 Å². The number of aromatic nitrogens is 1. The van der Waals surface area contributed by atoms with Crippen molar-refractivity contribution >= 4 is 47.2 Å². The molecule has 1 aromatic heterocycles. The highest BCUT2D eigenvalue weighted by Gasteiger charge is 2.20. The van der Waals surface area contributed by atoms with E-state index in [4.69, 9.17) is 21.8 Å². The summed E-state index contributed by atoms with van der Waals surface area (Å²) in [5.41, 5.74) is 2.10. The molecule has 166 valence electrons. The van der Waals surface area contributed by atoms with Crippen LogP contribution in [0.25, 0.3) is 0 Å². The maximum absolute atomic E-state index is 5.97. The predicted octanol–water partition coefficient (Wildman–Crippen LogP) is 5.09. The molecule has 9 heteroatoms. The molecule has 2 aromatic carbocycles. The summed E-state index contributed by atoms with van der Waals surface area (Å²) < 4.78 is 3.29. The van der Waals surface area contributed by atoms with Gasteiger partial charge >= 0.3 is 0 Å². The number of nitrogens with two attached hydrogens (primary N) is 1. The Bertz CT molecular complexity index is 958. The molecule has 0 aliphatic carbocycles. The molecule has 0 fully saturated rings. The Morgan fingerprint density at radius 1 is 1.06 bits per heavy atom. The van der Waals surface area contributed by atoms with Gasteiger partial charge in [-0.3, -0.25) is 14.8 Å². The highest BCUT2D eigenvalue weighted by Crippen LogP contribution is 2.18. The maximum Gasteiger partial charge on any atom is 0.225 e. The van der Waals surface area contributed by atoms with Crippen molar-refractivity contribution in [3.8, 4) is 0 Å². The van der Waals surface area contributed by atoms with Gasteiger partial charge in [0.05, 0.1) is 18.8 Å². The van der Waals surface area contributed by atoms with Gasteiger partial charge in [0.25, 0.3) is 0 Å². The maximum atomic E-state index is 5.97. The summed E-state index contributed by atoms with van der Waals surface area (Å²) in [7, 11) is 0. The van der Waals surface area contributed by atoms with E-state index in [-0.39, 0.29) is 0 Å². The summed E-state index contributed by atoms with van der Waals surface area (Å²) in [6, 6.07) is 23.6. The zero-order valence-corrected chi connectivity index (χ0v) is 19.9. The second-order valence-corrected chi connectivity index (χ2v) is 8.61. The molecule has 0 atom stereocenters. The third-order valence-corrected chi connectivity index (χ3v) is 5.69. The number of hydrogen-bond acceptors (Lipinski definition) is 6. The van der Waals surface area contributed by atoms with E-state index < -0.39 is 0 Å². The van der Waals surface area contributed by atoms with Gasteiger partial charge in [-0.25, -0.2) is 10.0 Å². The lowest BCUT2D eigenvalue weighted by Crippen LogP contribution is -2.33. The molecule has 0 amide bonds. The molecule has 3 N–H and O–H groups in total. The largest absolute Gasteiger partial charge is 0.295 e. The second kappa shape index (κ2) is 13.8. The number of guanidine groups is 1. The topological polar surface area (TPSA) is 78.9 Å². The summed E-state index contributed by atoms with van der Waals surface area (Å²) in [5.74, 6) is 1.47. The molecular weight excluding hydrogens is 460 g/mol. The van der Waals surface area contributed by atoms with E-state index in [0.29, 0.717) is 6.54 Å². The zero-order valence-electron chi connectivity index (χ0n) is 17.5. The summed E-state index contributed by atoms with van der Waals surface area (Å²) in [4.78, 5) is 9.74. The van der Waals surface area contributed by atoms with Gasteiger partial charge in [-0.1, -0.05) is 72.1 Å². The van der Waals surface area contributed by atoms with Crippen LogP contribution in [0, 0.1) is 0 Å². The fraction of sp³-hybridized carbons (Fsp3) is 0.174. The third-order valence-electron chi connectivity index (χ3n) is 4.26. The Kier molecular flexibility index (Phi) is 10.4. The van der Waals surface area contributed by atoms with Crippen molar-refractivity contribution in [3.63, 3.8) is 0 Å². The van der Waals surface area contributed by atoms with E-state index in [1.54, 1.807) is 12.4 Å². The molecule has 0 radical (unpaired) electrons. The van der Waals surface area contributed by atoms with Crippen LogP contribution in [0.15, 0.2) is 100 Å². The highest BCUT2D eigenvalue weighted by molar-refractivity contribution is 7.98. The van der Waals surface area contributed by atoms with Crippen molar-refractivity contribution in [2.45, 2.75) is 11.3 Å². The molecule has 32 heavy (non-hydrogen) atoms. The van der Waals surface area contributed by atoms with Gasteiger partial charge in [0.15, 0.2) is 0 Å². The standard InChI is InChI=1S/C17H19ClN6S2.C6H6/c18-14-5-3-13(4-6-14)16-7-10-24(22-16)17(21-9-11-25-19)23-26-15-2-1-8-20-12-15;1-2-4-6-5-3-1/h1-6,8,12H,7,9-11,19H2,(H,21,23);1-6H. The van der Waals surface area contributed by atoms with Gasteiger partial charge in [0.1, 0.15) is 0 Å². The molecule has 1 aliphatic rings. The average molecular weight is 485 g/mol. The summed E-state index contributed by atoms with van der Waals surface area (Å²) >= 11 is 8.71. The first-order chi connectivity index (χ1) is 15.8. The minimum atomic E-state index is 0.624. The fourth-order valence-electron chi connectivity index (χ4n) is 2.72. The second-order valence-electron chi connectivity index (χ2n) is 6.55. The van der Waals surface area contributed by atoms with E-state index in [1.165, 1.54) is 23.9 Å². The van der Waals surface area contributed by atoms with Crippen LogP contribution < -0.4 is 9.86 Å². The van der Waals surface area contributed by atoms with E-state index in [2.05, 4.69) is 14.7 Å². The summed E-state index contributed by atoms with van der Waals surface area (Å²) in [6.45, 7) is 1.40. The van der Waals surface area contributed by atoms with Crippen LogP contribution in [0.1, 0.15) is 12.0 Å². The summed E-state index contributed by atoms with van der Waals surface area (Å²) in [5, 5.41) is 12.9. The smallest absolute Gasteiger partial charge is 0.225 e.